The van der Waals surface area contributed by atoms with E-state index in [9.17, 15) is 0 Å². The van der Waals surface area contributed by atoms with Crippen LogP contribution in [0.25, 0.3) is 0 Å². The summed E-state index contributed by atoms with van der Waals surface area (Å²) in [6, 6.07) is 0.605. The number of nitrogens with one attached hydrogen (secondary N) is 2. The zero-order chi connectivity index (χ0) is 12.8. The Morgan fingerprint density at radius 2 is 2.17 bits per heavy atom. The highest BCUT2D eigenvalue weighted by Crippen LogP contribution is 2.14. The number of rotatable bonds is 6. The molecule has 1 aromatic rings. The molecule has 7 heteroatoms. The second kappa shape index (κ2) is 6.34. The number of aromatic nitrogens is 3. The largest absolute Gasteiger partial charge is 0.463 e. The molecule has 0 saturated carbocycles. The van der Waals surface area contributed by atoms with Crippen LogP contribution in [0.1, 0.15) is 19.8 Å². The van der Waals surface area contributed by atoms with Crippen molar-refractivity contribution in [3.63, 3.8) is 0 Å². The van der Waals surface area contributed by atoms with Gasteiger partial charge in [-0.15, -0.1) is 0 Å². The van der Waals surface area contributed by atoms with E-state index in [0.29, 0.717) is 31.1 Å². The van der Waals surface area contributed by atoms with Crippen molar-refractivity contribution in [1.29, 1.82) is 0 Å². The van der Waals surface area contributed by atoms with E-state index in [1.54, 1.807) is 7.05 Å². The minimum atomic E-state index is 0.260. The van der Waals surface area contributed by atoms with Gasteiger partial charge in [0.2, 0.25) is 11.9 Å². The molecule has 1 aliphatic heterocycles. The zero-order valence-electron chi connectivity index (χ0n) is 10.8. The maximum atomic E-state index is 5.43. The first-order valence-corrected chi connectivity index (χ1v) is 6.22. The summed E-state index contributed by atoms with van der Waals surface area (Å²) in [7, 11) is 1.77. The Labute approximate surface area is 106 Å². The van der Waals surface area contributed by atoms with Gasteiger partial charge in [0.1, 0.15) is 0 Å². The van der Waals surface area contributed by atoms with E-state index in [-0.39, 0.29) is 6.04 Å². The molecule has 1 saturated heterocycles. The predicted octanol–water partition coefficient (Wildman–Crippen LogP) is 0.903. The first-order chi connectivity index (χ1) is 8.81. The molecule has 1 unspecified atom stereocenters. The molecule has 2 rings (SSSR count). The molecular weight excluding hydrogens is 234 g/mol. The summed E-state index contributed by atoms with van der Waals surface area (Å²) in [6.07, 6.45) is 1.88. The van der Waals surface area contributed by atoms with Crippen molar-refractivity contribution in [3.05, 3.63) is 0 Å². The van der Waals surface area contributed by atoms with Crippen LogP contribution in [0, 0.1) is 0 Å². The molecule has 0 bridgehead atoms. The molecule has 1 aliphatic rings. The van der Waals surface area contributed by atoms with Gasteiger partial charge in [0.05, 0.1) is 19.3 Å². The number of hydrogen-bond acceptors (Lipinski definition) is 7. The molecule has 0 radical (unpaired) electrons. The molecule has 0 aromatic carbocycles. The van der Waals surface area contributed by atoms with Gasteiger partial charge in [-0.3, -0.25) is 0 Å². The van der Waals surface area contributed by atoms with Gasteiger partial charge < -0.3 is 20.1 Å². The van der Waals surface area contributed by atoms with Crippen molar-refractivity contribution in [1.82, 2.24) is 15.0 Å². The maximum absolute atomic E-state index is 5.43. The SMILES string of the molecule is CCCOc1nc(NC)nc(NC2CCOC2)n1. The Morgan fingerprint density at radius 1 is 1.33 bits per heavy atom. The second-order valence-electron chi connectivity index (χ2n) is 4.07. The molecule has 2 heterocycles. The third-order valence-corrected chi connectivity index (χ3v) is 2.54. The molecule has 7 nitrogen and oxygen atoms in total. The average molecular weight is 253 g/mol. The fourth-order valence-electron chi connectivity index (χ4n) is 1.62. The van der Waals surface area contributed by atoms with Crippen molar-refractivity contribution in [3.8, 4) is 6.01 Å². The monoisotopic (exact) mass is 253 g/mol. The van der Waals surface area contributed by atoms with Gasteiger partial charge in [0, 0.05) is 13.7 Å². The highest BCUT2D eigenvalue weighted by atomic mass is 16.5. The van der Waals surface area contributed by atoms with Crippen LogP contribution in [0.2, 0.25) is 0 Å². The van der Waals surface area contributed by atoms with Crippen molar-refractivity contribution in [2.75, 3.05) is 37.5 Å². The third-order valence-electron chi connectivity index (χ3n) is 2.54. The van der Waals surface area contributed by atoms with Crippen molar-refractivity contribution in [2.24, 2.45) is 0 Å². The first kappa shape index (κ1) is 12.8. The fraction of sp³-hybridized carbons (Fsp3) is 0.727. The number of anilines is 2. The lowest BCUT2D eigenvalue weighted by atomic mass is 10.3. The van der Waals surface area contributed by atoms with Crippen LogP contribution >= 0.6 is 0 Å². The Morgan fingerprint density at radius 3 is 2.83 bits per heavy atom. The van der Waals surface area contributed by atoms with Crippen molar-refractivity contribution >= 4 is 11.9 Å². The Kier molecular flexibility index (Phi) is 4.52. The smallest absolute Gasteiger partial charge is 0.323 e. The van der Waals surface area contributed by atoms with E-state index in [4.69, 9.17) is 9.47 Å². The van der Waals surface area contributed by atoms with Crippen LogP contribution in [0.3, 0.4) is 0 Å². The average Bonchev–Trinajstić information content (AvgIpc) is 2.89. The fourth-order valence-corrected chi connectivity index (χ4v) is 1.62. The number of nitrogens with zero attached hydrogens (tertiary/aromatic N) is 3. The van der Waals surface area contributed by atoms with Crippen LogP contribution < -0.4 is 15.4 Å². The summed E-state index contributed by atoms with van der Waals surface area (Å²) in [5, 5.41) is 6.12. The van der Waals surface area contributed by atoms with Crippen LogP contribution in [0.5, 0.6) is 6.01 Å². The highest BCUT2D eigenvalue weighted by molar-refractivity contribution is 5.36. The Hall–Kier alpha value is -1.63. The van der Waals surface area contributed by atoms with Gasteiger partial charge >= 0.3 is 6.01 Å². The summed E-state index contributed by atoms with van der Waals surface area (Å²) in [4.78, 5) is 12.6. The van der Waals surface area contributed by atoms with Gasteiger partial charge in [-0.05, 0) is 12.8 Å². The zero-order valence-corrected chi connectivity index (χ0v) is 10.8. The third kappa shape index (κ3) is 3.43. The summed E-state index contributed by atoms with van der Waals surface area (Å²) in [6.45, 7) is 4.10. The second-order valence-corrected chi connectivity index (χ2v) is 4.07. The van der Waals surface area contributed by atoms with E-state index < -0.39 is 0 Å². The van der Waals surface area contributed by atoms with Crippen LogP contribution in [-0.4, -0.2) is 47.9 Å². The van der Waals surface area contributed by atoms with Crippen LogP contribution in [0.15, 0.2) is 0 Å². The normalized spacial score (nSPS) is 18.7. The number of ether oxygens (including phenoxy) is 2. The summed E-state index contributed by atoms with van der Waals surface area (Å²) >= 11 is 0. The Balaban J connectivity index is 2.06. The molecule has 1 aromatic heterocycles. The molecule has 0 aliphatic carbocycles. The van der Waals surface area contributed by atoms with Crippen molar-refractivity contribution in [2.45, 2.75) is 25.8 Å². The summed E-state index contributed by atoms with van der Waals surface area (Å²) in [5.41, 5.74) is 0. The molecule has 18 heavy (non-hydrogen) atoms. The van der Waals surface area contributed by atoms with Gasteiger partial charge in [-0.25, -0.2) is 0 Å². The molecule has 1 fully saturated rings. The quantitative estimate of drug-likeness (QED) is 0.779. The van der Waals surface area contributed by atoms with Crippen LogP contribution in [0.4, 0.5) is 11.9 Å². The first-order valence-electron chi connectivity index (χ1n) is 6.22. The van der Waals surface area contributed by atoms with E-state index in [1.807, 2.05) is 6.92 Å². The van der Waals surface area contributed by atoms with Gasteiger partial charge in [0.15, 0.2) is 0 Å². The minimum Gasteiger partial charge on any atom is -0.463 e. The van der Waals surface area contributed by atoms with Crippen LogP contribution in [-0.2, 0) is 4.74 Å². The van der Waals surface area contributed by atoms with Crippen molar-refractivity contribution < 1.29 is 9.47 Å². The highest BCUT2D eigenvalue weighted by Gasteiger charge is 2.17. The van der Waals surface area contributed by atoms with E-state index >= 15 is 0 Å². The summed E-state index contributed by atoms with van der Waals surface area (Å²) < 4.78 is 10.7. The molecule has 2 N–H and O–H groups in total. The lowest BCUT2D eigenvalue weighted by Crippen LogP contribution is -2.21. The van der Waals surface area contributed by atoms with Gasteiger partial charge in [-0.1, -0.05) is 6.92 Å². The lowest BCUT2D eigenvalue weighted by molar-refractivity contribution is 0.195. The molecule has 1 atom stereocenters. The lowest BCUT2D eigenvalue weighted by Gasteiger charge is -2.12. The molecular formula is C11H19N5O2. The summed E-state index contributed by atoms with van der Waals surface area (Å²) in [5.74, 6) is 1.02. The van der Waals surface area contributed by atoms with Gasteiger partial charge in [-0.2, -0.15) is 15.0 Å². The number of hydrogen-bond donors (Lipinski definition) is 2. The standard InChI is InChI=1S/C11H19N5O2/c1-3-5-18-11-15-9(12-2)14-10(16-11)13-8-4-6-17-7-8/h8H,3-7H2,1-2H3,(H2,12,13,14,15,16). The van der Waals surface area contributed by atoms with E-state index in [0.717, 1.165) is 19.4 Å². The van der Waals surface area contributed by atoms with E-state index in [1.165, 1.54) is 0 Å². The topological polar surface area (TPSA) is 81.2 Å². The molecule has 0 spiro atoms. The molecule has 100 valence electrons. The predicted molar refractivity (Wildman–Crippen MR) is 68.0 cm³/mol. The van der Waals surface area contributed by atoms with E-state index in [2.05, 4.69) is 25.6 Å². The van der Waals surface area contributed by atoms with Gasteiger partial charge in [0.25, 0.3) is 0 Å². The Bertz CT molecular complexity index is 382. The maximum Gasteiger partial charge on any atom is 0.323 e. The minimum absolute atomic E-state index is 0.260. The molecule has 0 amide bonds.